The van der Waals surface area contributed by atoms with Crippen LogP contribution in [0.1, 0.15) is 19.4 Å². The van der Waals surface area contributed by atoms with Gasteiger partial charge in [-0.3, -0.25) is 4.79 Å². The lowest BCUT2D eigenvalue weighted by Gasteiger charge is -2.13. The van der Waals surface area contributed by atoms with Crippen LogP contribution in [0.25, 0.3) is 6.08 Å². The molecule has 0 aliphatic rings. The fraction of sp³-hybridized carbons (Fsp3) is 0.375. The van der Waals surface area contributed by atoms with Crippen LogP contribution in [0.2, 0.25) is 0 Å². The summed E-state index contributed by atoms with van der Waals surface area (Å²) in [7, 11) is 0. The summed E-state index contributed by atoms with van der Waals surface area (Å²) >= 11 is 0. The van der Waals surface area contributed by atoms with E-state index in [0.717, 1.165) is 6.08 Å². The lowest BCUT2D eigenvalue weighted by atomic mass is 10.2. The number of rotatable bonds is 7. The Morgan fingerprint density at radius 1 is 1.25 bits per heavy atom. The molecule has 1 rings (SSSR count). The quantitative estimate of drug-likeness (QED) is 0.610. The van der Waals surface area contributed by atoms with Gasteiger partial charge in [0.1, 0.15) is 12.3 Å². The maximum absolute atomic E-state index is 12.0. The summed E-state index contributed by atoms with van der Waals surface area (Å²) in [6.07, 6.45) is -3.31. The Bertz CT molecular complexity index is 582. The number of alkyl halides is 3. The number of halogens is 3. The van der Waals surface area contributed by atoms with Crippen molar-refractivity contribution in [3.8, 4) is 5.75 Å². The van der Waals surface area contributed by atoms with Gasteiger partial charge in [-0.2, -0.15) is 13.2 Å². The molecule has 0 saturated carbocycles. The smallest absolute Gasteiger partial charge is 0.405 e. The molecule has 1 aromatic carbocycles. The average molecular weight is 345 g/mol. The minimum Gasteiger partial charge on any atom is -0.494 e. The van der Waals surface area contributed by atoms with Gasteiger partial charge in [0.2, 0.25) is 0 Å². The fourth-order valence-corrected chi connectivity index (χ4v) is 1.60. The van der Waals surface area contributed by atoms with Crippen molar-refractivity contribution in [2.24, 2.45) is 0 Å². The highest BCUT2D eigenvalue weighted by Gasteiger charge is 2.29. The number of ether oxygens (including phenoxy) is 2. The van der Waals surface area contributed by atoms with Crippen molar-refractivity contribution in [2.45, 2.75) is 26.1 Å². The maximum Gasteiger partial charge on any atom is 0.405 e. The molecular formula is C16H18F3NO4. The Labute approximate surface area is 137 Å². The predicted octanol–water partition coefficient (Wildman–Crippen LogP) is 2.71. The molecule has 8 heteroatoms. The first-order valence-electron chi connectivity index (χ1n) is 7.17. The molecule has 0 heterocycles. The van der Waals surface area contributed by atoms with Gasteiger partial charge in [0, 0.05) is 6.08 Å². The topological polar surface area (TPSA) is 64.6 Å². The molecule has 0 bridgehead atoms. The summed E-state index contributed by atoms with van der Waals surface area (Å²) in [5.41, 5.74) is 0.699. The molecule has 0 fully saturated rings. The third-order valence-corrected chi connectivity index (χ3v) is 2.73. The largest absolute Gasteiger partial charge is 0.494 e. The molecule has 5 nitrogen and oxygen atoms in total. The minimum atomic E-state index is -4.52. The molecule has 1 amide bonds. The van der Waals surface area contributed by atoms with Crippen molar-refractivity contribution < 1.29 is 32.2 Å². The highest BCUT2D eigenvalue weighted by Crippen LogP contribution is 2.13. The SMILES string of the molecule is CCOc1ccc(/C=C/C(=O)OC(C)C(=O)NCC(F)(F)F)cc1. The third kappa shape index (κ3) is 7.66. The molecule has 0 aliphatic carbocycles. The second kappa shape index (κ2) is 8.95. The van der Waals surface area contributed by atoms with Gasteiger partial charge in [0.15, 0.2) is 6.10 Å². The van der Waals surface area contributed by atoms with Gasteiger partial charge in [0.25, 0.3) is 5.91 Å². The monoisotopic (exact) mass is 345 g/mol. The first-order chi connectivity index (χ1) is 11.2. The van der Waals surface area contributed by atoms with Crippen molar-refractivity contribution >= 4 is 18.0 Å². The van der Waals surface area contributed by atoms with Crippen molar-refractivity contribution in [3.63, 3.8) is 0 Å². The lowest BCUT2D eigenvalue weighted by molar-refractivity contribution is -0.154. The molecule has 1 aromatic rings. The van der Waals surface area contributed by atoms with Crippen LogP contribution in [0.4, 0.5) is 13.2 Å². The van der Waals surface area contributed by atoms with Gasteiger partial charge >= 0.3 is 12.1 Å². The first-order valence-corrected chi connectivity index (χ1v) is 7.17. The zero-order chi connectivity index (χ0) is 18.2. The number of esters is 1. The van der Waals surface area contributed by atoms with Gasteiger partial charge in [-0.1, -0.05) is 12.1 Å². The van der Waals surface area contributed by atoms with Crippen molar-refractivity contribution in [1.29, 1.82) is 0 Å². The van der Waals surface area contributed by atoms with E-state index in [4.69, 9.17) is 9.47 Å². The first kappa shape index (κ1) is 19.5. The Morgan fingerprint density at radius 3 is 2.42 bits per heavy atom. The zero-order valence-electron chi connectivity index (χ0n) is 13.2. The maximum atomic E-state index is 12.0. The zero-order valence-corrected chi connectivity index (χ0v) is 13.2. The standard InChI is InChI=1S/C16H18F3NO4/c1-3-23-13-7-4-12(5-8-13)6-9-14(21)24-11(2)15(22)20-10-16(17,18)19/h4-9,11H,3,10H2,1-2H3,(H,20,22)/b9-6+. The molecule has 0 spiro atoms. The summed E-state index contributed by atoms with van der Waals surface area (Å²) in [4.78, 5) is 22.9. The van der Waals surface area contributed by atoms with Crippen LogP contribution in [-0.4, -0.2) is 37.3 Å². The van der Waals surface area contributed by atoms with Gasteiger partial charge in [-0.15, -0.1) is 0 Å². The van der Waals surface area contributed by atoms with E-state index >= 15 is 0 Å². The number of amides is 1. The third-order valence-electron chi connectivity index (χ3n) is 2.73. The molecule has 1 unspecified atom stereocenters. The molecule has 0 aliphatic heterocycles. The summed E-state index contributed by atoms with van der Waals surface area (Å²) in [6.45, 7) is 2.11. The normalized spacial score (nSPS) is 12.7. The van der Waals surface area contributed by atoms with Gasteiger partial charge in [0.05, 0.1) is 6.61 Å². The van der Waals surface area contributed by atoms with E-state index in [-0.39, 0.29) is 0 Å². The van der Waals surface area contributed by atoms with Crippen LogP contribution in [0.3, 0.4) is 0 Å². The van der Waals surface area contributed by atoms with E-state index in [2.05, 4.69) is 0 Å². The Morgan fingerprint density at radius 2 is 1.88 bits per heavy atom. The minimum absolute atomic E-state index is 0.538. The van der Waals surface area contributed by atoms with Crippen LogP contribution in [0, 0.1) is 0 Å². The van der Waals surface area contributed by atoms with E-state index < -0.39 is 30.7 Å². The molecule has 0 saturated heterocycles. The summed E-state index contributed by atoms with van der Waals surface area (Å²) < 4.78 is 46.0. The van der Waals surface area contributed by atoms with E-state index in [1.165, 1.54) is 13.0 Å². The Kier molecular flexibility index (Phi) is 7.29. The van der Waals surface area contributed by atoms with Crippen LogP contribution >= 0.6 is 0 Å². The number of benzene rings is 1. The van der Waals surface area contributed by atoms with Crippen LogP contribution in [0.15, 0.2) is 30.3 Å². The lowest BCUT2D eigenvalue weighted by Crippen LogP contribution is -2.40. The van der Waals surface area contributed by atoms with Crippen LogP contribution < -0.4 is 10.1 Å². The highest BCUT2D eigenvalue weighted by molar-refractivity contribution is 5.90. The predicted molar refractivity (Wildman–Crippen MR) is 81.3 cm³/mol. The highest BCUT2D eigenvalue weighted by atomic mass is 19.4. The average Bonchev–Trinajstić information content (AvgIpc) is 2.51. The number of carbonyl (C=O) groups excluding carboxylic acids is 2. The van der Waals surface area contributed by atoms with Crippen LogP contribution in [0.5, 0.6) is 5.75 Å². The summed E-state index contributed by atoms with van der Waals surface area (Å²) in [5.74, 6) is -1.17. The number of hydrogen-bond acceptors (Lipinski definition) is 4. The van der Waals surface area contributed by atoms with E-state index in [9.17, 15) is 22.8 Å². The van der Waals surface area contributed by atoms with Crippen molar-refractivity contribution in [1.82, 2.24) is 5.32 Å². The molecular weight excluding hydrogens is 327 g/mol. The van der Waals surface area contributed by atoms with Gasteiger partial charge in [-0.05, 0) is 37.6 Å². The molecule has 1 N–H and O–H groups in total. The molecule has 0 radical (unpaired) electrons. The molecule has 132 valence electrons. The van der Waals surface area contributed by atoms with E-state index in [1.54, 1.807) is 29.6 Å². The number of carbonyl (C=O) groups is 2. The number of hydrogen-bond donors (Lipinski definition) is 1. The molecule has 24 heavy (non-hydrogen) atoms. The van der Waals surface area contributed by atoms with Crippen molar-refractivity contribution in [3.05, 3.63) is 35.9 Å². The van der Waals surface area contributed by atoms with Gasteiger partial charge < -0.3 is 14.8 Å². The van der Waals surface area contributed by atoms with Crippen molar-refractivity contribution in [2.75, 3.05) is 13.2 Å². The van der Waals surface area contributed by atoms with Crippen LogP contribution in [-0.2, 0) is 14.3 Å². The number of nitrogens with one attached hydrogen (secondary N) is 1. The van der Waals surface area contributed by atoms with E-state index in [0.29, 0.717) is 17.9 Å². The van der Waals surface area contributed by atoms with Gasteiger partial charge in [-0.25, -0.2) is 4.79 Å². The molecule has 1 atom stereocenters. The Balaban J connectivity index is 2.48. The summed E-state index contributed by atoms with van der Waals surface area (Å²) in [6, 6.07) is 6.88. The molecule has 0 aromatic heterocycles. The second-order valence-electron chi connectivity index (χ2n) is 4.75. The Hall–Kier alpha value is -2.51. The second-order valence-corrected chi connectivity index (χ2v) is 4.75. The fourth-order valence-electron chi connectivity index (χ4n) is 1.60. The summed E-state index contributed by atoms with van der Waals surface area (Å²) in [5, 5.41) is 1.64. The van der Waals surface area contributed by atoms with E-state index in [1.807, 2.05) is 6.92 Å².